The van der Waals surface area contributed by atoms with Crippen LogP contribution in [-0.4, -0.2) is 0 Å². The summed E-state index contributed by atoms with van der Waals surface area (Å²) in [6, 6.07) is 37.9. The van der Waals surface area contributed by atoms with E-state index in [-0.39, 0.29) is 0 Å². The zero-order valence-electron chi connectivity index (χ0n) is 21.2. The van der Waals surface area contributed by atoms with E-state index in [0.717, 1.165) is 0 Å². The van der Waals surface area contributed by atoms with Gasteiger partial charge in [0, 0.05) is 0 Å². The molecule has 176 valence electrons. The Kier molecular flexibility index (Phi) is 2.41. The van der Waals surface area contributed by atoms with Crippen molar-refractivity contribution < 1.29 is 0 Å². The highest BCUT2D eigenvalue weighted by molar-refractivity contribution is 6.59. The average Bonchev–Trinajstić information content (AvgIpc) is 3.01. The van der Waals surface area contributed by atoms with E-state index in [9.17, 15) is 0 Å². The molecule has 13 rings (SSSR count). The van der Waals surface area contributed by atoms with Crippen molar-refractivity contribution in [3.63, 3.8) is 0 Å². The predicted molar refractivity (Wildman–Crippen MR) is 175 cm³/mol. The van der Waals surface area contributed by atoms with Crippen LogP contribution in [0.5, 0.6) is 0 Å². The maximum absolute atomic E-state index is 2.45. The quantitative estimate of drug-likeness (QED) is 0.145. The van der Waals surface area contributed by atoms with E-state index in [1.165, 1.54) is 129 Å². The van der Waals surface area contributed by atoms with Crippen LogP contribution in [0.15, 0.2) is 97.1 Å². The molecule has 0 saturated heterocycles. The highest BCUT2D eigenvalue weighted by atomic mass is 14.3. The molecule has 0 radical (unpaired) electrons. The van der Waals surface area contributed by atoms with E-state index in [2.05, 4.69) is 97.1 Å². The van der Waals surface area contributed by atoms with Crippen molar-refractivity contribution in [2.24, 2.45) is 0 Å². The van der Waals surface area contributed by atoms with Gasteiger partial charge in [0.05, 0.1) is 0 Å². The molecule has 0 N–H and O–H groups in total. The molecule has 0 aliphatic carbocycles. The highest BCUT2D eigenvalue weighted by Crippen LogP contribution is 2.58. The molecule has 0 bridgehead atoms. The lowest BCUT2D eigenvalue weighted by Gasteiger charge is -2.28. The van der Waals surface area contributed by atoms with Crippen molar-refractivity contribution >= 4 is 129 Å². The van der Waals surface area contributed by atoms with E-state index < -0.39 is 0 Å². The van der Waals surface area contributed by atoms with Gasteiger partial charge in [-0.25, -0.2) is 0 Å². The van der Waals surface area contributed by atoms with Gasteiger partial charge in [-0.2, -0.15) is 0 Å². The molecule has 0 aliphatic heterocycles. The minimum Gasteiger partial charge on any atom is -0.0537 e. The fourth-order valence-electron chi connectivity index (χ4n) is 9.50. The van der Waals surface area contributed by atoms with Gasteiger partial charge < -0.3 is 0 Å². The molecule has 0 saturated carbocycles. The Balaban J connectivity index is 1.62. The Labute approximate surface area is 225 Å². The molecule has 0 aliphatic rings. The van der Waals surface area contributed by atoms with Gasteiger partial charge in [0.1, 0.15) is 0 Å². The molecular weight excluding hydrogens is 480 g/mol. The lowest BCUT2D eigenvalue weighted by Crippen LogP contribution is -1.99. The zero-order valence-corrected chi connectivity index (χ0v) is 21.2. The molecule has 13 aromatic rings. The first-order chi connectivity index (χ1) is 19.8. The lowest BCUT2D eigenvalue weighted by atomic mass is 9.74. The van der Waals surface area contributed by atoms with Crippen LogP contribution in [0.1, 0.15) is 0 Å². The maximum atomic E-state index is 2.45. The van der Waals surface area contributed by atoms with Crippen LogP contribution in [-0.2, 0) is 0 Å². The summed E-state index contributed by atoms with van der Waals surface area (Å²) in [6.45, 7) is 0. The van der Waals surface area contributed by atoms with Crippen LogP contribution in [0.2, 0.25) is 0 Å². The summed E-state index contributed by atoms with van der Waals surface area (Å²) in [5.41, 5.74) is 0. The third-order valence-electron chi connectivity index (χ3n) is 10.8. The monoisotopic (exact) mass is 496 g/mol. The van der Waals surface area contributed by atoms with Crippen molar-refractivity contribution in [1.29, 1.82) is 0 Å². The molecule has 40 heavy (non-hydrogen) atoms. The second-order valence-corrected chi connectivity index (χ2v) is 12.3. The number of benzene rings is 13. The van der Waals surface area contributed by atoms with E-state index in [1.807, 2.05) is 0 Å². The standard InChI is InChI=1S/C40H16/c1-3-19-11-13-25-26-14-12-20-4-2-18-6-8-22-16-24-10-9-23-15-21-7-5-17(1)27-29(19)35(25)39-37(31(21)27)33(23)34(24)38-32(22)28(18)30(20)36(26)40(38)39/h1-16H. The fraction of sp³-hybridized carbons (Fsp3) is 0. The van der Waals surface area contributed by atoms with Crippen LogP contribution in [0, 0.1) is 0 Å². The summed E-state index contributed by atoms with van der Waals surface area (Å²) in [4.78, 5) is 0. The van der Waals surface area contributed by atoms with E-state index in [4.69, 9.17) is 0 Å². The minimum atomic E-state index is 1.35. The van der Waals surface area contributed by atoms with Gasteiger partial charge in [0.2, 0.25) is 0 Å². The van der Waals surface area contributed by atoms with E-state index >= 15 is 0 Å². The molecule has 0 heterocycles. The zero-order chi connectivity index (χ0) is 25.2. The first-order valence-corrected chi connectivity index (χ1v) is 14.3. The fourth-order valence-corrected chi connectivity index (χ4v) is 9.50. The predicted octanol–water partition coefficient (Wildman–Crippen LogP) is 11.6. The van der Waals surface area contributed by atoms with Crippen LogP contribution < -0.4 is 0 Å². The molecule has 0 nitrogen and oxygen atoms in total. The van der Waals surface area contributed by atoms with Gasteiger partial charge in [-0.1, -0.05) is 84.9 Å². The number of hydrogen-bond donors (Lipinski definition) is 0. The molecule has 13 aromatic carbocycles. The summed E-state index contributed by atoms with van der Waals surface area (Å²) in [5.74, 6) is 0. The molecule has 0 unspecified atom stereocenters. The summed E-state index contributed by atoms with van der Waals surface area (Å²) in [6.07, 6.45) is 0. The van der Waals surface area contributed by atoms with Gasteiger partial charge in [0.25, 0.3) is 0 Å². The van der Waals surface area contributed by atoms with E-state index in [1.54, 1.807) is 0 Å². The Morgan fingerprint density at radius 2 is 0.400 bits per heavy atom. The van der Waals surface area contributed by atoms with Crippen molar-refractivity contribution in [1.82, 2.24) is 0 Å². The topological polar surface area (TPSA) is 0 Å². The molecule has 0 aromatic heterocycles. The van der Waals surface area contributed by atoms with Crippen molar-refractivity contribution in [3.8, 4) is 0 Å². The maximum Gasteiger partial charge on any atom is -0.0000257 e. The van der Waals surface area contributed by atoms with Gasteiger partial charge in [-0.05, 0) is 141 Å². The van der Waals surface area contributed by atoms with Crippen LogP contribution in [0.3, 0.4) is 0 Å². The Bertz CT molecular complexity index is 2960. The number of rotatable bonds is 0. The minimum absolute atomic E-state index is 1.35. The van der Waals surface area contributed by atoms with E-state index in [0.29, 0.717) is 0 Å². The number of fused-ring (bicyclic) bond motifs is 1. The largest absolute Gasteiger partial charge is 0.0537 e. The van der Waals surface area contributed by atoms with Gasteiger partial charge in [-0.15, -0.1) is 0 Å². The van der Waals surface area contributed by atoms with Crippen molar-refractivity contribution in [2.45, 2.75) is 0 Å². The first-order valence-electron chi connectivity index (χ1n) is 14.3. The van der Waals surface area contributed by atoms with Gasteiger partial charge in [0.15, 0.2) is 0 Å². The first kappa shape index (κ1) is 18.2. The molecule has 0 atom stereocenters. The Morgan fingerprint density at radius 1 is 0.175 bits per heavy atom. The molecule has 0 heteroatoms. The average molecular weight is 497 g/mol. The Morgan fingerprint density at radius 3 is 0.750 bits per heavy atom. The van der Waals surface area contributed by atoms with Gasteiger partial charge >= 0.3 is 0 Å². The highest BCUT2D eigenvalue weighted by Gasteiger charge is 2.29. The molecule has 0 amide bonds. The van der Waals surface area contributed by atoms with Crippen molar-refractivity contribution in [3.05, 3.63) is 97.1 Å². The normalized spacial score (nSPS) is 14.0. The lowest BCUT2D eigenvalue weighted by molar-refractivity contribution is 1.82. The van der Waals surface area contributed by atoms with Crippen LogP contribution >= 0.6 is 0 Å². The molecule has 0 spiro atoms. The Hall–Kier alpha value is -5.20. The second kappa shape index (κ2) is 5.30. The summed E-state index contributed by atoms with van der Waals surface area (Å²) >= 11 is 0. The molecular formula is C40H16. The summed E-state index contributed by atoms with van der Waals surface area (Å²) in [7, 11) is 0. The SMILES string of the molecule is c1cc2ccc3c4ccc5ccc6ccc7cc8ccc9cc%10ccc1c1c2c3c2c(c%101)c9c8c1c7c6c5c4c12. The summed E-state index contributed by atoms with van der Waals surface area (Å²) in [5, 5.41) is 34.1. The third kappa shape index (κ3) is 1.56. The molecule has 0 fully saturated rings. The van der Waals surface area contributed by atoms with Crippen molar-refractivity contribution in [2.75, 3.05) is 0 Å². The third-order valence-corrected chi connectivity index (χ3v) is 10.8. The van der Waals surface area contributed by atoms with Gasteiger partial charge in [-0.3, -0.25) is 0 Å². The smallest absolute Gasteiger partial charge is 0.0000257 e. The number of hydrogen-bond acceptors (Lipinski definition) is 0. The summed E-state index contributed by atoms with van der Waals surface area (Å²) < 4.78 is 0. The van der Waals surface area contributed by atoms with Crippen LogP contribution in [0.4, 0.5) is 0 Å². The second-order valence-electron chi connectivity index (χ2n) is 12.3. The van der Waals surface area contributed by atoms with Crippen LogP contribution in [0.25, 0.3) is 129 Å².